The topological polar surface area (TPSA) is 4.36 Å². The van der Waals surface area contributed by atoms with Gasteiger partial charge in [-0.3, -0.25) is 0 Å². The van der Waals surface area contributed by atoms with E-state index in [2.05, 4.69) is 173 Å². The van der Waals surface area contributed by atoms with Crippen molar-refractivity contribution in [3.63, 3.8) is 0 Å². The third kappa shape index (κ3) is 25.9. The zero-order valence-electron chi connectivity index (χ0n) is 34.2. The second-order valence-electron chi connectivity index (χ2n) is 17.5. The van der Waals surface area contributed by atoms with E-state index >= 15 is 0 Å². The summed E-state index contributed by atoms with van der Waals surface area (Å²) >= 11 is 0. The molecule has 1 nitrogen and oxygen atoms in total. The Morgan fingerprint density at radius 3 is 1.12 bits per heavy atom. The number of terminal acetylenes is 1. The summed E-state index contributed by atoms with van der Waals surface area (Å²) in [7, 11) is 0. The zero-order chi connectivity index (χ0) is 38.4. The highest BCUT2D eigenvalue weighted by molar-refractivity contribution is 5.46. The van der Waals surface area contributed by atoms with Crippen LogP contribution in [0.3, 0.4) is 0 Å². The van der Waals surface area contributed by atoms with E-state index in [0.717, 1.165) is 36.9 Å². The highest BCUT2D eigenvalue weighted by Gasteiger charge is 2.12. The predicted molar refractivity (Wildman–Crippen MR) is 224 cm³/mol. The number of rotatable bonds is 4. The van der Waals surface area contributed by atoms with Gasteiger partial charge in [-0.15, -0.1) is 6.42 Å². The lowest BCUT2D eigenvalue weighted by Gasteiger charge is -2.18. The van der Waals surface area contributed by atoms with Gasteiger partial charge in [-0.25, -0.2) is 4.85 Å². The summed E-state index contributed by atoms with van der Waals surface area (Å²) in [5, 5.41) is 0. The van der Waals surface area contributed by atoms with Crippen LogP contribution >= 0.6 is 0 Å². The van der Waals surface area contributed by atoms with Crippen molar-refractivity contribution in [2.75, 3.05) is 0 Å². The summed E-state index contributed by atoms with van der Waals surface area (Å²) in [6, 6.07) is 37.3. The van der Waals surface area contributed by atoms with Crippen LogP contribution in [-0.4, -0.2) is 0 Å². The Morgan fingerprint density at radius 2 is 0.780 bits per heavy atom. The molecule has 0 aliphatic rings. The van der Waals surface area contributed by atoms with Gasteiger partial charge in [0.2, 0.25) is 0 Å². The summed E-state index contributed by atoms with van der Waals surface area (Å²) in [6.45, 7) is 37.8. The number of benzene rings is 4. The predicted octanol–water partition coefficient (Wildman–Crippen LogP) is 14.7. The summed E-state index contributed by atoms with van der Waals surface area (Å²) < 4.78 is 0. The highest BCUT2D eigenvalue weighted by Crippen LogP contribution is 2.24. The van der Waals surface area contributed by atoms with Crippen LogP contribution in [0.1, 0.15) is 125 Å². The Morgan fingerprint density at radius 1 is 0.460 bits per heavy atom. The third-order valence-corrected chi connectivity index (χ3v) is 6.76. The maximum atomic E-state index is 6.90. The molecule has 50 heavy (non-hydrogen) atoms. The largest absolute Gasteiger partial charge is 0.238 e. The van der Waals surface area contributed by atoms with Gasteiger partial charge < -0.3 is 0 Å². The molecule has 0 aliphatic heterocycles. The number of nitrogens with zero attached hydrogens (tertiary/aromatic N) is 1. The fraction of sp³-hybridized carbons (Fsp3) is 0.449. The molecule has 0 heterocycles. The molecule has 0 saturated carbocycles. The molecule has 0 saturated heterocycles. The molecule has 0 atom stereocenters. The normalized spacial score (nSPS) is 10.9. The van der Waals surface area contributed by atoms with Gasteiger partial charge >= 0.3 is 0 Å². The standard InChI is InChI=1S/C13H16.C12H15N.2C11H16.C2H6/c1-5-11-7-6-8-12(9-11)10-13(2,3)4;1-12(2,3)9-10-6-5-7-11(8-10)13-4;2*1-11(2,3)9-10-7-5-4-6-8-10;1-2/h1,6-9H,10H2,2-4H3;5-8H,9H2,1-3H3;2*4-8H,9H2,1-3H3;1-2H3. The van der Waals surface area contributed by atoms with E-state index in [0.29, 0.717) is 21.7 Å². The van der Waals surface area contributed by atoms with Gasteiger partial charge in [-0.05, 0) is 76.2 Å². The molecule has 1 heteroatoms. The van der Waals surface area contributed by atoms with Crippen molar-refractivity contribution in [3.05, 3.63) is 148 Å². The van der Waals surface area contributed by atoms with Gasteiger partial charge in [0.1, 0.15) is 0 Å². The van der Waals surface area contributed by atoms with E-state index in [1.807, 2.05) is 44.2 Å². The van der Waals surface area contributed by atoms with Crippen LogP contribution < -0.4 is 0 Å². The molecule has 0 unspecified atom stereocenters. The molecule has 0 fully saturated rings. The van der Waals surface area contributed by atoms with Gasteiger partial charge in [-0.2, -0.15) is 0 Å². The second-order valence-corrected chi connectivity index (χ2v) is 17.5. The van der Waals surface area contributed by atoms with Gasteiger partial charge in [0.25, 0.3) is 0 Å². The Balaban J connectivity index is 0.000000631. The monoisotopic (exact) mass is 672 g/mol. The first kappa shape index (κ1) is 45.9. The quantitative estimate of drug-likeness (QED) is 0.150. The SMILES string of the molecule is C#Cc1cccc(CC(C)(C)C)c1.CC.CC(C)(C)Cc1ccccc1.CC(C)(C)Cc1ccccc1.[C-]#[N+]c1cccc(CC(C)(C)C)c1. The van der Waals surface area contributed by atoms with Crippen molar-refractivity contribution < 1.29 is 0 Å². The average Bonchev–Trinajstić information content (AvgIpc) is 3.01. The van der Waals surface area contributed by atoms with Crippen LogP contribution in [0.4, 0.5) is 5.69 Å². The van der Waals surface area contributed by atoms with E-state index in [-0.39, 0.29) is 0 Å². The van der Waals surface area contributed by atoms with Crippen molar-refractivity contribution >= 4 is 5.69 Å². The smallest absolute Gasteiger partial charge is 0.187 e. The summed E-state index contributed by atoms with van der Waals surface area (Å²) in [4.78, 5) is 3.41. The molecule has 0 spiro atoms. The lowest BCUT2D eigenvalue weighted by Crippen LogP contribution is -2.08. The average molecular weight is 672 g/mol. The first-order chi connectivity index (χ1) is 23.2. The minimum atomic E-state index is 0.292. The molecule has 0 aliphatic carbocycles. The van der Waals surface area contributed by atoms with Crippen LogP contribution in [0, 0.1) is 40.6 Å². The van der Waals surface area contributed by atoms with Crippen molar-refractivity contribution in [1.29, 1.82) is 0 Å². The van der Waals surface area contributed by atoms with Crippen LogP contribution in [0.2, 0.25) is 0 Å². The summed E-state index contributed by atoms with van der Waals surface area (Å²) in [6.07, 6.45) is 9.75. The third-order valence-electron chi connectivity index (χ3n) is 6.76. The summed E-state index contributed by atoms with van der Waals surface area (Å²) in [5.74, 6) is 2.65. The molecule has 0 radical (unpaired) electrons. The Bertz CT molecular complexity index is 1410. The number of hydrogen-bond acceptors (Lipinski definition) is 0. The molecule has 0 N–H and O–H groups in total. The van der Waals surface area contributed by atoms with Crippen LogP contribution in [0.15, 0.2) is 109 Å². The number of hydrogen-bond donors (Lipinski definition) is 0. The Kier molecular flexibility index (Phi) is 20.8. The second kappa shape index (κ2) is 22.6. The van der Waals surface area contributed by atoms with Crippen LogP contribution in [0.5, 0.6) is 0 Å². The van der Waals surface area contributed by atoms with Gasteiger partial charge in [0.05, 0.1) is 6.57 Å². The van der Waals surface area contributed by atoms with E-state index < -0.39 is 0 Å². The molecule has 270 valence electrons. The van der Waals surface area contributed by atoms with Gasteiger partial charge in [0, 0.05) is 5.56 Å². The van der Waals surface area contributed by atoms with Crippen LogP contribution in [-0.2, 0) is 25.7 Å². The van der Waals surface area contributed by atoms with Crippen molar-refractivity contribution in [1.82, 2.24) is 0 Å². The lowest BCUT2D eigenvalue weighted by molar-refractivity contribution is 0.411. The Hall–Kier alpha value is -4.07. The highest BCUT2D eigenvalue weighted by atomic mass is 14.6. The molecule has 0 amide bonds. The summed E-state index contributed by atoms with van der Waals surface area (Å²) in [5.41, 5.74) is 8.57. The van der Waals surface area contributed by atoms with E-state index in [1.54, 1.807) is 0 Å². The molecular weight excluding hydrogens is 603 g/mol. The molecule has 0 bridgehead atoms. The molecule has 0 aromatic heterocycles. The first-order valence-electron chi connectivity index (χ1n) is 18.3. The van der Waals surface area contributed by atoms with Crippen molar-refractivity contribution in [3.8, 4) is 12.3 Å². The maximum Gasteiger partial charge on any atom is 0.187 e. The van der Waals surface area contributed by atoms with Gasteiger partial charge in [-0.1, -0.05) is 205 Å². The van der Waals surface area contributed by atoms with Crippen molar-refractivity contribution in [2.24, 2.45) is 21.7 Å². The minimum absolute atomic E-state index is 0.292. The first-order valence-corrected chi connectivity index (χ1v) is 18.3. The molecule has 4 aromatic carbocycles. The fourth-order valence-electron chi connectivity index (χ4n) is 5.15. The lowest BCUT2D eigenvalue weighted by atomic mass is 9.88. The van der Waals surface area contributed by atoms with E-state index in [9.17, 15) is 0 Å². The maximum absolute atomic E-state index is 6.90. The van der Waals surface area contributed by atoms with Crippen molar-refractivity contribution in [2.45, 2.75) is 123 Å². The molecule has 4 aromatic rings. The Labute approximate surface area is 309 Å². The fourth-order valence-corrected chi connectivity index (χ4v) is 5.15. The van der Waals surface area contributed by atoms with E-state index in [1.165, 1.54) is 22.3 Å². The van der Waals surface area contributed by atoms with Gasteiger partial charge in [0.15, 0.2) is 5.69 Å². The minimum Gasteiger partial charge on any atom is -0.238 e. The van der Waals surface area contributed by atoms with E-state index in [4.69, 9.17) is 13.0 Å². The molecule has 4 rings (SSSR count). The zero-order valence-corrected chi connectivity index (χ0v) is 34.2. The van der Waals surface area contributed by atoms with Crippen LogP contribution in [0.25, 0.3) is 4.85 Å². The molecular formula is C49H69N.